The van der Waals surface area contributed by atoms with Crippen molar-refractivity contribution in [1.82, 2.24) is 4.57 Å². The highest BCUT2D eigenvalue weighted by Crippen LogP contribution is 2.20. The Morgan fingerprint density at radius 1 is 1.21 bits per heavy atom. The molecule has 19 heavy (non-hydrogen) atoms. The number of alkyl halides is 3. The zero-order valence-corrected chi connectivity index (χ0v) is 10.00. The second-order valence-electron chi connectivity index (χ2n) is 4.25. The van der Waals surface area contributed by atoms with Crippen LogP contribution in [0.5, 0.6) is 0 Å². The number of hydrogen-bond donors (Lipinski definition) is 0. The lowest BCUT2D eigenvalue weighted by Crippen LogP contribution is -2.30. The Hall–Kier alpha value is -1.63. The first-order chi connectivity index (χ1) is 8.88. The van der Waals surface area contributed by atoms with Crippen molar-refractivity contribution in [2.75, 3.05) is 6.61 Å². The third kappa shape index (κ3) is 3.23. The number of ketones is 1. The summed E-state index contributed by atoms with van der Waals surface area (Å²) in [5.41, 5.74) is 0.520. The summed E-state index contributed by atoms with van der Waals surface area (Å²) in [7, 11) is 0. The van der Waals surface area contributed by atoms with Crippen molar-refractivity contribution >= 4 is 5.78 Å². The van der Waals surface area contributed by atoms with Crippen LogP contribution >= 0.6 is 0 Å². The van der Waals surface area contributed by atoms with Gasteiger partial charge in [0.1, 0.15) is 0 Å². The number of ether oxygens (including phenoxy) is 1. The average molecular weight is 275 g/mol. The predicted molar refractivity (Wildman–Crippen MR) is 60.0 cm³/mol. The standard InChI is InChI=1S/C12H12F3NO3/c13-12(14,15)19-7-6-16-9-2-1-3-10(17)8(9)4-5-11(16)18/h4-5H,1-3,6-7H2. The van der Waals surface area contributed by atoms with E-state index in [0.29, 0.717) is 30.5 Å². The summed E-state index contributed by atoms with van der Waals surface area (Å²) in [6.45, 7) is -0.858. The molecule has 0 spiro atoms. The van der Waals surface area contributed by atoms with Crippen LogP contribution in [0.1, 0.15) is 28.9 Å². The minimum absolute atomic E-state index is 0.0771. The first-order valence-corrected chi connectivity index (χ1v) is 5.85. The van der Waals surface area contributed by atoms with Gasteiger partial charge < -0.3 is 4.57 Å². The van der Waals surface area contributed by atoms with Gasteiger partial charge in [0.2, 0.25) is 0 Å². The van der Waals surface area contributed by atoms with E-state index in [9.17, 15) is 22.8 Å². The molecule has 0 radical (unpaired) electrons. The lowest BCUT2D eigenvalue weighted by atomic mass is 9.94. The molecule has 7 heteroatoms. The fraction of sp³-hybridized carbons (Fsp3) is 0.500. The van der Waals surface area contributed by atoms with Crippen LogP contribution in [0, 0.1) is 0 Å². The van der Waals surface area contributed by atoms with Crippen LogP contribution in [-0.2, 0) is 17.7 Å². The molecule has 1 aliphatic rings. The maximum atomic E-state index is 11.9. The number of carbonyl (C=O) groups excluding carboxylic acids is 1. The van der Waals surface area contributed by atoms with Crippen molar-refractivity contribution in [2.45, 2.75) is 32.2 Å². The largest absolute Gasteiger partial charge is 0.522 e. The van der Waals surface area contributed by atoms with E-state index in [-0.39, 0.29) is 12.3 Å². The normalized spacial score (nSPS) is 15.4. The molecule has 1 heterocycles. The molecule has 0 fully saturated rings. The van der Waals surface area contributed by atoms with E-state index in [4.69, 9.17) is 0 Å². The number of nitrogens with zero attached hydrogens (tertiary/aromatic N) is 1. The fourth-order valence-electron chi connectivity index (χ4n) is 2.19. The molecule has 2 rings (SSSR count). The van der Waals surface area contributed by atoms with Gasteiger partial charge in [-0.1, -0.05) is 0 Å². The van der Waals surface area contributed by atoms with Crippen LogP contribution in [-0.4, -0.2) is 23.3 Å². The summed E-state index contributed by atoms with van der Waals surface area (Å²) in [4.78, 5) is 23.3. The number of aromatic nitrogens is 1. The van der Waals surface area contributed by atoms with Gasteiger partial charge in [0, 0.05) is 30.3 Å². The van der Waals surface area contributed by atoms with Crippen LogP contribution < -0.4 is 5.56 Å². The molecule has 0 aliphatic heterocycles. The Kier molecular flexibility index (Phi) is 3.75. The Balaban J connectivity index is 2.22. The lowest BCUT2D eigenvalue weighted by Gasteiger charge is -2.20. The highest BCUT2D eigenvalue weighted by Gasteiger charge is 2.29. The number of pyridine rings is 1. The van der Waals surface area contributed by atoms with Gasteiger partial charge in [0.15, 0.2) is 5.78 Å². The summed E-state index contributed by atoms with van der Waals surface area (Å²) < 4.78 is 40.5. The number of rotatable bonds is 3. The minimum atomic E-state index is -4.71. The number of Topliss-reactive ketones (excluding diaryl/α,β-unsaturated/α-hetero) is 1. The number of hydrogen-bond acceptors (Lipinski definition) is 3. The van der Waals surface area contributed by atoms with Gasteiger partial charge in [-0.05, 0) is 18.9 Å². The molecule has 104 valence electrons. The number of fused-ring (bicyclic) bond motifs is 1. The van der Waals surface area contributed by atoms with E-state index in [1.54, 1.807) is 0 Å². The maximum absolute atomic E-state index is 11.9. The van der Waals surface area contributed by atoms with Gasteiger partial charge in [0.05, 0.1) is 6.61 Å². The highest BCUT2D eigenvalue weighted by molar-refractivity contribution is 5.97. The second kappa shape index (κ2) is 5.16. The molecular formula is C12H12F3NO3. The molecule has 0 unspecified atom stereocenters. The van der Waals surface area contributed by atoms with Crippen molar-refractivity contribution in [3.05, 3.63) is 33.7 Å². The monoisotopic (exact) mass is 275 g/mol. The van der Waals surface area contributed by atoms with Crippen LogP contribution in [0.25, 0.3) is 0 Å². The maximum Gasteiger partial charge on any atom is 0.522 e. The zero-order valence-electron chi connectivity index (χ0n) is 10.00. The van der Waals surface area contributed by atoms with Gasteiger partial charge in [0.25, 0.3) is 5.56 Å². The van der Waals surface area contributed by atoms with Gasteiger partial charge in [-0.2, -0.15) is 0 Å². The molecule has 0 aromatic carbocycles. The number of halogens is 3. The van der Waals surface area contributed by atoms with Gasteiger partial charge >= 0.3 is 6.36 Å². The minimum Gasteiger partial charge on any atom is -0.310 e. The van der Waals surface area contributed by atoms with Crippen molar-refractivity contribution in [3.63, 3.8) is 0 Å². The van der Waals surface area contributed by atoms with E-state index in [1.165, 1.54) is 16.7 Å². The molecule has 1 aromatic rings. The third-order valence-electron chi connectivity index (χ3n) is 2.99. The van der Waals surface area contributed by atoms with Crippen LogP contribution in [0.15, 0.2) is 16.9 Å². The smallest absolute Gasteiger partial charge is 0.310 e. The Morgan fingerprint density at radius 2 is 1.95 bits per heavy atom. The van der Waals surface area contributed by atoms with E-state index in [2.05, 4.69) is 4.74 Å². The number of carbonyl (C=O) groups is 1. The molecule has 1 aromatic heterocycles. The molecule has 0 atom stereocenters. The summed E-state index contributed by atoms with van der Waals surface area (Å²) in [6, 6.07) is 2.65. The van der Waals surface area contributed by atoms with E-state index >= 15 is 0 Å². The topological polar surface area (TPSA) is 48.3 Å². The molecule has 0 N–H and O–H groups in total. The molecule has 0 bridgehead atoms. The summed E-state index contributed by atoms with van der Waals surface area (Å²) in [6.07, 6.45) is -3.18. The second-order valence-corrected chi connectivity index (χ2v) is 4.25. The van der Waals surface area contributed by atoms with Crippen LogP contribution in [0.4, 0.5) is 13.2 Å². The van der Waals surface area contributed by atoms with Gasteiger partial charge in [-0.15, -0.1) is 13.2 Å². The third-order valence-corrected chi connectivity index (χ3v) is 2.99. The van der Waals surface area contributed by atoms with E-state index < -0.39 is 18.5 Å². The molecule has 1 aliphatic carbocycles. The van der Waals surface area contributed by atoms with Crippen LogP contribution in [0.3, 0.4) is 0 Å². The van der Waals surface area contributed by atoms with Crippen molar-refractivity contribution in [2.24, 2.45) is 0 Å². The summed E-state index contributed by atoms with van der Waals surface area (Å²) in [5, 5.41) is 0. The predicted octanol–water partition coefficient (Wildman–Crippen LogP) is 1.90. The van der Waals surface area contributed by atoms with Crippen LogP contribution in [0.2, 0.25) is 0 Å². The van der Waals surface area contributed by atoms with Crippen molar-refractivity contribution in [1.29, 1.82) is 0 Å². The lowest BCUT2D eigenvalue weighted by molar-refractivity contribution is -0.325. The SMILES string of the molecule is O=C1CCCc2c1ccc(=O)n2CCOC(F)(F)F. The molecular weight excluding hydrogens is 263 g/mol. The summed E-state index contributed by atoms with van der Waals surface area (Å²) >= 11 is 0. The van der Waals surface area contributed by atoms with E-state index in [1.807, 2.05) is 0 Å². The van der Waals surface area contributed by atoms with Gasteiger partial charge in [-0.25, -0.2) is 0 Å². The quantitative estimate of drug-likeness (QED) is 0.846. The Bertz CT molecular complexity index is 548. The molecule has 4 nitrogen and oxygen atoms in total. The highest BCUT2D eigenvalue weighted by atomic mass is 19.4. The molecule has 0 amide bonds. The Morgan fingerprint density at radius 3 is 2.63 bits per heavy atom. The fourth-order valence-corrected chi connectivity index (χ4v) is 2.19. The van der Waals surface area contributed by atoms with Crippen molar-refractivity contribution < 1.29 is 22.7 Å². The first kappa shape index (κ1) is 13.8. The van der Waals surface area contributed by atoms with Crippen molar-refractivity contribution in [3.8, 4) is 0 Å². The first-order valence-electron chi connectivity index (χ1n) is 5.85. The molecule has 0 saturated heterocycles. The zero-order chi connectivity index (χ0) is 14.0. The Labute approximate surface area is 106 Å². The summed E-state index contributed by atoms with van der Waals surface area (Å²) in [5.74, 6) is -0.0771. The molecule has 0 saturated carbocycles. The average Bonchev–Trinajstić information content (AvgIpc) is 2.31. The van der Waals surface area contributed by atoms with E-state index in [0.717, 1.165) is 0 Å². The van der Waals surface area contributed by atoms with Gasteiger partial charge in [-0.3, -0.25) is 14.3 Å².